The van der Waals surface area contributed by atoms with Gasteiger partial charge in [0.05, 0.1) is 0 Å². The fraction of sp³-hybridized carbons (Fsp3) is 1.00. The van der Waals surface area contributed by atoms with Crippen molar-refractivity contribution in [1.29, 1.82) is 0 Å². The highest BCUT2D eigenvalue weighted by Crippen LogP contribution is 2.49. The van der Waals surface area contributed by atoms with E-state index in [0.29, 0.717) is 0 Å². The minimum atomic E-state index is 0.753. The molecule has 0 aromatic rings. The molecule has 1 heteroatoms. The molecule has 1 aliphatic carbocycles. The average molecular weight is 167 g/mol. The van der Waals surface area contributed by atoms with E-state index < -0.39 is 0 Å². The van der Waals surface area contributed by atoms with Crippen LogP contribution >= 0.6 is 0 Å². The molecule has 1 nitrogen and oxygen atoms in total. The second kappa shape index (κ2) is 3.37. The number of hydrogen-bond acceptors (Lipinski definition) is 1. The normalized spacial score (nSPS) is 43.2. The monoisotopic (exact) mass is 167 g/mol. The number of hydrogen-bond donors (Lipinski definition) is 1. The Morgan fingerprint density at radius 2 is 1.92 bits per heavy atom. The van der Waals surface area contributed by atoms with Crippen molar-refractivity contribution in [2.45, 2.75) is 45.4 Å². The SMILES string of the molecule is CC1CCCC12CCCNCC2. The summed E-state index contributed by atoms with van der Waals surface area (Å²) in [7, 11) is 0. The van der Waals surface area contributed by atoms with Crippen LogP contribution in [0.4, 0.5) is 0 Å². The molecule has 1 saturated carbocycles. The van der Waals surface area contributed by atoms with Crippen molar-refractivity contribution < 1.29 is 0 Å². The quantitative estimate of drug-likeness (QED) is 0.584. The van der Waals surface area contributed by atoms with Crippen molar-refractivity contribution >= 4 is 0 Å². The molecule has 1 N–H and O–H groups in total. The molecule has 0 radical (unpaired) electrons. The van der Waals surface area contributed by atoms with Gasteiger partial charge in [-0.25, -0.2) is 0 Å². The summed E-state index contributed by atoms with van der Waals surface area (Å²) in [6.45, 7) is 5.00. The lowest BCUT2D eigenvalue weighted by molar-refractivity contribution is 0.187. The molecule has 2 rings (SSSR count). The van der Waals surface area contributed by atoms with Crippen LogP contribution in [0.25, 0.3) is 0 Å². The fourth-order valence-corrected chi connectivity index (χ4v) is 3.21. The Morgan fingerprint density at radius 3 is 2.67 bits per heavy atom. The average Bonchev–Trinajstić information content (AvgIpc) is 2.33. The van der Waals surface area contributed by atoms with Crippen LogP contribution in [0.2, 0.25) is 0 Å². The van der Waals surface area contributed by atoms with Gasteiger partial charge in [-0.3, -0.25) is 0 Å². The summed E-state index contributed by atoms with van der Waals surface area (Å²) in [5.74, 6) is 0.998. The van der Waals surface area contributed by atoms with Gasteiger partial charge in [0.15, 0.2) is 0 Å². The van der Waals surface area contributed by atoms with Crippen molar-refractivity contribution in [2.24, 2.45) is 11.3 Å². The molecule has 0 aromatic carbocycles. The molecule has 2 aliphatic rings. The predicted molar refractivity (Wildman–Crippen MR) is 52.2 cm³/mol. The number of rotatable bonds is 0. The van der Waals surface area contributed by atoms with Crippen LogP contribution in [0.1, 0.15) is 45.4 Å². The third-order valence-electron chi connectivity index (χ3n) is 4.19. The van der Waals surface area contributed by atoms with E-state index in [2.05, 4.69) is 12.2 Å². The Bertz CT molecular complexity index is 145. The largest absolute Gasteiger partial charge is 0.317 e. The molecule has 2 fully saturated rings. The van der Waals surface area contributed by atoms with Gasteiger partial charge >= 0.3 is 0 Å². The first-order valence-electron chi connectivity index (χ1n) is 5.54. The summed E-state index contributed by atoms with van der Waals surface area (Å²) in [5.41, 5.74) is 0.753. The summed E-state index contributed by atoms with van der Waals surface area (Å²) in [4.78, 5) is 0. The third-order valence-corrected chi connectivity index (χ3v) is 4.19. The molecule has 2 unspecified atom stereocenters. The Kier molecular flexibility index (Phi) is 2.40. The number of nitrogens with one attached hydrogen (secondary N) is 1. The van der Waals surface area contributed by atoms with E-state index in [1.807, 2.05) is 0 Å². The zero-order chi connectivity index (χ0) is 8.44. The highest BCUT2D eigenvalue weighted by atomic mass is 14.9. The molecule has 2 atom stereocenters. The summed E-state index contributed by atoms with van der Waals surface area (Å²) >= 11 is 0. The maximum absolute atomic E-state index is 3.52. The standard InChI is InChI=1S/C11H21N/c1-10-4-2-5-11(10)6-3-8-12-9-7-11/h10,12H,2-9H2,1H3. The molecule has 1 spiro atoms. The van der Waals surface area contributed by atoms with Crippen LogP contribution in [0.5, 0.6) is 0 Å². The molecule has 1 aliphatic heterocycles. The van der Waals surface area contributed by atoms with Gasteiger partial charge in [0.25, 0.3) is 0 Å². The Balaban J connectivity index is 2.05. The van der Waals surface area contributed by atoms with Crippen molar-refractivity contribution in [3.05, 3.63) is 0 Å². The second-order valence-corrected chi connectivity index (χ2v) is 4.76. The Labute approximate surface area is 75.9 Å². The molecule has 1 heterocycles. The van der Waals surface area contributed by atoms with Crippen LogP contribution in [-0.4, -0.2) is 13.1 Å². The van der Waals surface area contributed by atoms with E-state index in [9.17, 15) is 0 Å². The minimum Gasteiger partial charge on any atom is -0.317 e. The van der Waals surface area contributed by atoms with Crippen LogP contribution in [0.15, 0.2) is 0 Å². The van der Waals surface area contributed by atoms with E-state index in [1.165, 1.54) is 51.6 Å². The fourth-order valence-electron chi connectivity index (χ4n) is 3.21. The van der Waals surface area contributed by atoms with Gasteiger partial charge in [-0.05, 0) is 50.1 Å². The molecule has 0 amide bonds. The van der Waals surface area contributed by atoms with Crippen molar-refractivity contribution in [3.63, 3.8) is 0 Å². The van der Waals surface area contributed by atoms with Crippen LogP contribution in [0, 0.1) is 11.3 Å². The highest BCUT2D eigenvalue weighted by molar-refractivity contribution is 4.91. The molecule has 1 saturated heterocycles. The minimum absolute atomic E-state index is 0.753. The molecular formula is C11H21N. The molecular weight excluding hydrogens is 146 g/mol. The van der Waals surface area contributed by atoms with E-state index in [0.717, 1.165) is 11.3 Å². The zero-order valence-corrected chi connectivity index (χ0v) is 8.23. The van der Waals surface area contributed by atoms with Gasteiger partial charge in [0.1, 0.15) is 0 Å². The third kappa shape index (κ3) is 1.39. The summed E-state index contributed by atoms with van der Waals surface area (Å²) in [5, 5.41) is 3.52. The lowest BCUT2D eigenvalue weighted by Gasteiger charge is -2.32. The first-order valence-corrected chi connectivity index (χ1v) is 5.54. The predicted octanol–water partition coefficient (Wildman–Crippen LogP) is 2.57. The maximum atomic E-state index is 3.52. The maximum Gasteiger partial charge on any atom is -0.00435 e. The van der Waals surface area contributed by atoms with Gasteiger partial charge in [0, 0.05) is 0 Å². The van der Waals surface area contributed by atoms with Crippen molar-refractivity contribution in [1.82, 2.24) is 5.32 Å². The van der Waals surface area contributed by atoms with E-state index >= 15 is 0 Å². The van der Waals surface area contributed by atoms with Crippen LogP contribution in [-0.2, 0) is 0 Å². The summed E-state index contributed by atoms with van der Waals surface area (Å²) in [6.07, 6.45) is 8.82. The lowest BCUT2D eigenvalue weighted by atomic mass is 9.73. The molecule has 0 bridgehead atoms. The Hall–Kier alpha value is -0.0400. The first kappa shape index (κ1) is 8.55. The van der Waals surface area contributed by atoms with E-state index in [1.54, 1.807) is 0 Å². The van der Waals surface area contributed by atoms with Gasteiger partial charge in [0.2, 0.25) is 0 Å². The highest BCUT2D eigenvalue weighted by Gasteiger charge is 2.39. The smallest absolute Gasteiger partial charge is 0.00435 e. The van der Waals surface area contributed by atoms with Gasteiger partial charge in [-0.1, -0.05) is 19.8 Å². The van der Waals surface area contributed by atoms with E-state index in [4.69, 9.17) is 0 Å². The second-order valence-electron chi connectivity index (χ2n) is 4.76. The van der Waals surface area contributed by atoms with Gasteiger partial charge < -0.3 is 5.32 Å². The van der Waals surface area contributed by atoms with Crippen LogP contribution in [0.3, 0.4) is 0 Å². The van der Waals surface area contributed by atoms with Gasteiger partial charge in [-0.15, -0.1) is 0 Å². The molecule has 70 valence electrons. The summed E-state index contributed by atoms with van der Waals surface area (Å²) in [6, 6.07) is 0. The first-order chi connectivity index (χ1) is 5.83. The Morgan fingerprint density at radius 1 is 1.08 bits per heavy atom. The zero-order valence-electron chi connectivity index (χ0n) is 8.23. The van der Waals surface area contributed by atoms with Gasteiger partial charge in [-0.2, -0.15) is 0 Å². The van der Waals surface area contributed by atoms with Crippen molar-refractivity contribution in [2.75, 3.05) is 13.1 Å². The topological polar surface area (TPSA) is 12.0 Å². The lowest BCUT2D eigenvalue weighted by Crippen LogP contribution is -2.25. The molecule has 0 aromatic heterocycles. The summed E-state index contributed by atoms with van der Waals surface area (Å²) < 4.78 is 0. The van der Waals surface area contributed by atoms with E-state index in [-0.39, 0.29) is 0 Å². The van der Waals surface area contributed by atoms with Crippen molar-refractivity contribution in [3.8, 4) is 0 Å². The van der Waals surface area contributed by atoms with Crippen LogP contribution < -0.4 is 5.32 Å². The molecule has 12 heavy (non-hydrogen) atoms.